The van der Waals surface area contributed by atoms with Crippen LogP contribution in [0.15, 0.2) is 60.8 Å². The Hall–Kier alpha value is -2.27. The standard InChI is InChI=1S/C36H58N2O6S2/c1-2-3-4-5-6-7-8-9-10-11-12-13-14-15-16-17-18-25-35(42)38-33(36(43)44-31(29-39)30-40)23-21-27-37-34(41)24-20-19-22-32-26-28-45-46-32/h3-4,6-7,9-10,12-13,15-16,31-33,39-40H,2,5,8,11,14,17-30H2,1H3,(H,37,41)(H,38,42)/b4-3-,7-6-,10-9-,13-12-,16-15-/t32-,33+/m1/s1. The van der Waals surface area contributed by atoms with Gasteiger partial charge in [-0.15, -0.1) is 0 Å². The summed E-state index contributed by atoms with van der Waals surface area (Å²) in [4.78, 5) is 37.5. The zero-order chi connectivity index (χ0) is 33.5. The molecule has 10 heteroatoms. The Morgan fingerprint density at radius 1 is 0.804 bits per heavy atom. The molecular weight excluding hydrogens is 621 g/mol. The Labute approximate surface area is 285 Å². The lowest BCUT2D eigenvalue weighted by atomic mass is 10.1. The van der Waals surface area contributed by atoms with E-state index >= 15 is 0 Å². The van der Waals surface area contributed by atoms with Gasteiger partial charge in [0.05, 0.1) is 13.2 Å². The number of esters is 1. The molecule has 0 spiro atoms. The summed E-state index contributed by atoms with van der Waals surface area (Å²) in [6.07, 6.45) is 32.4. The fraction of sp³-hybridized carbons (Fsp3) is 0.639. The van der Waals surface area contributed by atoms with Crippen LogP contribution in [-0.4, -0.2) is 70.9 Å². The van der Waals surface area contributed by atoms with Gasteiger partial charge in [0.2, 0.25) is 11.8 Å². The van der Waals surface area contributed by atoms with Crippen LogP contribution in [0, 0.1) is 0 Å². The van der Waals surface area contributed by atoms with Gasteiger partial charge in [0.25, 0.3) is 0 Å². The topological polar surface area (TPSA) is 125 Å². The molecule has 1 fully saturated rings. The van der Waals surface area contributed by atoms with E-state index < -0.39 is 31.3 Å². The first-order chi connectivity index (χ1) is 22.5. The number of unbranched alkanes of at least 4 members (excludes halogenated alkanes) is 2. The Balaban J connectivity index is 2.28. The van der Waals surface area contributed by atoms with Crippen LogP contribution < -0.4 is 10.6 Å². The van der Waals surface area contributed by atoms with E-state index in [1.54, 1.807) is 0 Å². The molecule has 2 amide bonds. The van der Waals surface area contributed by atoms with Crippen LogP contribution in [0.3, 0.4) is 0 Å². The van der Waals surface area contributed by atoms with Gasteiger partial charge in [-0.1, -0.05) is 95.7 Å². The third kappa shape index (κ3) is 24.0. The minimum atomic E-state index is -1.04. The summed E-state index contributed by atoms with van der Waals surface area (Å²) >= 11 is 0. The highest BCUT2D eigenvalue weighted by molar-refractivity contribution is 8.77. The van der Waals surface area contributed by atoms with Crippen molar-refractivity contribution in [3.63, 3.8) is 0 Å². The molecule has 1 rings (SSSR count). The maximum Gasteiger partial charge on any atom is 0.329 e. The summed E-state index contributed by atoms with van der Waals surface area (Å²) in [7, 11) is 3.89. The Morgan fingerprint density at radius 2 is 1.41 bits per heavy atom. The lowest BCUT2D eigenvalue weighted by Crippen LogP contribution is -2.44. The lowest BCUT2D eigenvalue weighted by molar-refractivity contribution is -0.157. The van der Waals surface area contributed by atoms with Gasteiger partial charge in [0.15, 0.2) is 0 Å². The molecule has 1 aliphatic heterocycles. The van der Waals surface area contributed by atoms with Crippen molar-refractivity contribution in [1.29, 1.82) is 0 Å². The Bertz CT molecular complexity index is 956. The number of rotatable bonds is 27. The van der Waals surface area contributed by atoms with Gasteiger partial charge >= 0.3 is 5.97 Å². The van der Waals surface area contributed by atoms with Crippen molar-refractivity contribution in [3.8, 4) is 0 Å². The maximum atomic E-state index is 12.7. The van der Waals surface area contributed by atoms with Gasteiger partial charge in [-0.05, 0) is 77.0 Å². The number of aliphatic hydroxyl groups is 2. The van der Waals surface area contributed by atoms with Gasteiger partial charge in [-0.25, -0.2) is 4.79 Å². The van der Waals surface area contributed by atoms with E-state index in [-0.39, 0.29) is 24.7 Å². The average molecular weight is 679 g/mol. The molecule has 46 heavy (non-hydrogen) atoms. The molecular formula is C36H58N2O6S2. The van der Waals surface area contributed by atoms with E-state index in [0.717, 1.165) is 57.8 Å². The molecule has 0 aromatic rings. The molecule has 2 atom stereocenters. The Morgan fingerprint density at radius 3 is 2.00 bits per heavy atom. The van der Waals surface area contributed by atoms with Crippen molar-refractivity contribution in [2.75, 3.05) is 25.5 Å². The van der Waals surface area contributed by atoms with Crippen molar-refractivity contribution in [3.05, 3.63) is 60.8 Å². The second-order valence-corrected chi connectivity index (χ2v) is 14.0. The lowest BCUT2D eigenvalue weighted by Gasteiger charge is -2.20. The zero-order valence-corrected chi connectivity index (χ0v) is 29.4. The third-order valence-corrected chi connectivity index (χ3v) is 10.1. The number of carbonyl (C=O) groups is 3. The van der Waals surface area contributed by atoms with Gasteiger partial charge < -0.3 is 25.6 Å². The van der Waals surface area contributed by atoms with Gasteiger partial charge in [0.1, 0.15) is 12.1 Å². The second kappa shape index (κ2) is 30.1. The zero-order valence-electron chi connectivity index (χ0n) is 27.8. The molecule has 4 N–H and O–H groups in total. The first-order valence-electron chi connectivity index (χ1n) is 17.0. The van der Waals surface area contributed by atoms with Crippen LogP contribution in [0.5, 0.6) is 0 Å². The summed E-state index contributed by atoms with van der Waals surface area (Å²) in [5, 5.41) is 24.9. The Kier molecular flexibility index (Phi) is 27.3. The number of allylic oxidation sites excluding steroid dienone is 10. The van der Waals surface area contributed by atoms with Crippen LogP contribution in [0.1, 0.15) is 103 Å². The highest BCUT2D eigenvalue weighted by Gasteiger charge is 2.24. The number of hydrogen-bond donors (Lipinski definition) is 4. The summed E-state index contributed by atoms with van der Waals surface area (Å²) in [5.74, 6) is 0.249. The smallest absolute Gasteiger partial charge is 0.329 e. The fourth-order valence-corrected chi connectivity index (χ4v) is 7.52. The van der Waals surface area contributed by atoms with Crippen LogP contribution >= 0.6 is 21.6 Å². The molecule has 1 heterocycles. The predicted octanol–water partition coefficient (Wildman–Crippen LogP) is 6.90. The van der Waals surface area contributed by atoms with Crippen molar-refractivity contribution in [2.45, 2.75) is 121 Å². The van der Waals surface area contributed by atoms with Gasteiger partial charge in [-0.2, -0.15) is 0 Å². The molecule has 0 unspecified atom stereocenters. The van der Waals surface area contributed by atoms with E-state index in [9.17, 15) is 24.6 Å². The number of hydrogen-bond acceptors (Lipinski definition) is 8. The number of nitrogens with one attached hydrogen (secondary N) is 2. The molecule has 260 valence electrons. The number of amides is 2. The molecule has 0 aromatic heterocycles. The van der Waals surface area contributed by atoms with Crippen LogP contribution in [0.4, 0.5) is 0 Å². The number of aliphatic hydroxyl groups excluding tert-OH is 2. The molecule has 8 nitrogen and oxygen atoms in total. The first-order valence-corrected chi connectivity index (χ1v) is 19.4. The molecule has 0 aliphatic carbocycles. The monoisotopic (exact) mass is 678 g/mol. The van der Waals surface area contributed by atoms with E-state index in [0.29, 0.717) is 31.1 Å². The SMILES string of the molecule is CC/C=C\C/C=C\C/C=C\C/C=C\C/C=C\CCCC(=O)N[C@@H](CCCNC(=O)CCCC[C@@H]1CCSS1)C(=O)OC(CO)CO. The molecule has 0 radical (unpaired) electrons. The van der Waals surface area contributed by atoms with Crippen LogP contribution in [-0.2, 0) is 19.1 Å². The van der Waals surface area contributed by atoms with E-state index in [4.69, 9.17) is 4.74 Å². The molecule has 0 bridgehead atoms. The number of carbonyl (C=O) groups excluding carboxylic acids is 3. The average Bonchev–Trinajstić information content (AvgIpc) is 3.58. The molecule has 1 saturated heterocycles. The third-order valence-electron chi connectivity index (χ3n) is 7.14. The summed E-state index contributed by atoms with van der Waals surface area (Å²) in [6, 6.07) is -0.916. The number of ether oxygens (including phenoxy) is 1. The second-order valence-electron chi connectivity index (χ2n) is 11.2. The van der Waals surface area contributed by atoms with Crippen molar-refractivity contribution in [1.82, 2.24) is 10.6 Å². The van der Waals surface area contributed by atoms with Crippen molar-refractivity contribution >= 4 is 39.4 Å². The highest BCUT2D eigenvalue weighted by atomic mass is 33.1. The minimum Gasteiger partial charge on any atom is -0.456 e. The van der Waals surface area contributed by atoms with Crippen LogP contribution in [0.2, 0.25) is 0 Å². The maximum absolute atomic E-state index is 12.7. The molecule has 0 saturated carbocycles. The van der Waals surface area contributed by atoms with Gasteiger partial charge in [-0.3, -0.25) is 9.59 Å². The fourth-order valence-electron chi connectivity index (χ4n) is 4.49. The minimum absolute atomic E-state index is 0.00715. The molecule has 1 aliphatic rings. The quantitative estimate of drug-likeness (QED) is 0.0320. The van der Waals surface area contributed by atoms with E-state index in [1.807, 2.05) is 21.6 Å². The summed E-state index contributed by atoms with van der Waals surface area (Å²) in [5.41, 5.74) is 0. The summed E-state index contributed by atoms with van der Waals surface area (Å²) < 4.78 is 5.17. The van der Waals surface area contributed by atoms with E-state index in [1.165, 1.54) is 12.2 Å². The summed E-state index contributed by atoms with van der Waals surface area (Å²) in [6.45, 7) is 1.51. The van der Waals surface area contributed by atoms with Gasteiger partial charge in [0, 0.05) is 30.4 Å². The van der Waals surface area contributed by atoms with Crippen molar-refractivity contribution in [2.24, 2.45) is 0 Å². The molecule has 0 aromatic carbocycles. The highest BCUT2D eigenvalue weighted by Crippen LogP contribution is 2.39. The van der Waals surface area contributed by atoms with Crippen molar-refractivity contribution < 1.29 is 29.3 Å². The first kappa shape index (κ1) is 41.8. The normalized spacial score (nSPS) is 16.1. The van der Waals surface area contributed by atoms with E-state index in [2.05, 4.69) is 78.3 Å². The van der Waals surface area contributed by atoms with Crippen LogP contribution in [0.25, 0.3) is 0 Å². The largest absolute Gasteiger partial charge is 0.456 e. The predicted molar refractivity (Wildman–Crippen MR) is 193 cm³/mol.